The maximum Gasteiger partial charge on any atom is 0.224 e. The number of hydrogen-bond donors (Lipinski definition) is 2. The number of thiophene rings is 1. The van der Waals surface area contributed by atoms with Crippen LogP contribution >= 0.6 is 23.7 Å². The van der Waals surface area contributed by atoms with Crippen molar-refractivity contribution in [1.82, 2.24) is 5.32 Å². The van der Waals surface area contributed by atoms with Crippen molar-refractivity contribution in [2.24, 2.45) is 11.8 Å². The molecule has 102 valence electrons. The third kappa shape index (κ3) is 4.59. The lowest BCUT2D eigenvalue weighted by atomic mass is 9.84. The molecule has 0 spiro atoms. The van der Waals surface area contributed by atoms with Gasteiger partial charge in [-0.1, -0.05) is 6.92 Å². The van der Waals surface area contributed by atoms with Crippen LogP contribution in [-0.4, -0.2) is 19.0 Å². The normalized spacial score (nSPS) is 17.8. The molecule has 18 heavy (non-hydrogen) atoms. The van der Waals surface area contributed by atoms with Crippen LogP contribution in [-0.2, 0) is 4.79 Å². The summed E-state index contributed by atoms with van der Waals surface area (Å²) in [6.45, 7) is 4.39. The van der Waals surface area contributed by atoms with Gasteiger partial charge in [-0.25, -0.2) is 0 Å². The molecule has 0 aliphatic carbocycles. The summed E-state index contributed by atoms with van der Waals surface area (Å²) in [4.78, 5) is 11.8. The van der Waals surface area contributed by atoms with E-state index < -0.39 is 0 Å². The van der Waals surface area contributed by atoms with E-state index in [1.165, 1.54) is 12.8 Å². The van der Waals surface area contributed by atoms with Crippen molar-refractivity contribution in [3.8, 4) is 0 Å². The quantitative estimate of drug-likeness (QED) is 0.894. The smallest absolute Gasteiger partial charge is 0.224 e. The molecule has 1 fully saturated rings. The van der Waals surface area contributed by atoms with Gasteiger partial charge < -0.3 is 10.6 Å². The van der Waals surface area contributed by atoms with E-state index in [1.807, 2.05) is 16.8 Å². The topological polar surface area (TPSA) is 41.1 Å². The Morgan fingerprint density at radius 3 is 2.89 bits per heavy atom. The van der Waals surface area contributed by atoms with Crippen molar-refractivity contribution in [3.63, 3.8) is 0 Å². The van der Waals surface area contributed by atoms with Gasteiger partial charge in [0.2, 0.25) is 5.91 Å². The summed E-state index contributed by atoms with van der Waals surface area (Å²) in [6.07, 6.45) is 3.04. The number of amides is 1. The lowest BCUT2D eigenvalue weighted by Crippen LogP contribution is -2.32. The summed E-state index contributed by atoms with van der Waals surface area (Å²) >= 11 is 1.61. The Morgan fingerprint density at radius 2 is 2.28 bits per heavy atom. The first kappa shape index (κ1) is 15.5. The minimum atomic E-state index is 0. The van der Waals surface area contributed by atoms with Gasteiger partial charge in [0.05, 0.1) is 5.69 Å². The third-order valence-electron chi connectivity index (χ3n) is 3.50. The van der Waals surface area contributed by atoms with Gasteiger partial charge in [0, 0.05) is 11.8 Å². The number of carbonyl (C=O) groups excluding carboxylic acids is 1. The highest BCUT2D eigenvalue weighted by Crippen LogP contribution is 2.24. The Balaban J connectivity index is 0.00000162. The Labute approximate surface area is 119 Å². The summed E-state index contributed by atoms with van der Waals surface area (Å²) in [5.41, 5.74) is 0.928. The molecule has 3 nitrogen and oxygen atoms in total. The average Bonchev–Trinajstić information content (AvgIpc) is 2.82. The zero-order valence-corrected chi connectivity index (χ0v) is 12.3. The van der Waals surface area contributed by atoms with E-state index >= 15 is 0 Å². The molecule has 0 radical (unpaired) electrons. The lowest BCUT2D eigenvalue weighted by Gasteiger charge is -2.27. The molecule has 2 rings (SSSR count). The Morgan fingerprint density at radius 1 is 1.56 bits per heavy atom. The fourth-order valence-corrected chi connectivity index (χ4v) is 3.01. The minimum Gasteiger partial charge on any atom is -0.325 e. The predicted octanol–water partition coefficient (Wildman–Crippen LogP) is 3.13. The van der Waals surface area contributed by atoms with E-state index in [0.29, 0.717) is 18.3 Å². The van der Waals surface area contributed by atoms with E-state index in [4.69, 9.17) is 0 Å². The standard InChI is InChI=1S/C13H20N2OS.ClH/c1-10(11-2-5-14-6-3-11)8-13(16)15-12-4-7-17-9-12;/h4,7,9-11,14H,2-3,5-6,8H2,1H3,(H,15,16);1H. The van der Waals surface area contributed by atoms with Crippen molar-refractivity contribution in [2.45, 2.75) is 26.2 Å². The van der Waals surface area contributed by atoms with E-state index in [0.717, 1.165) is 18.8 Å². The fraction of sp³-hybridized carbons (Fsp3) is 0.615. The SMILES string of the molecule is CC(CC(=O)Nc1ccsc1)C1CCNCC1.Cl. The highest BCUT2D eigenvalue weighted by molar-refractivity contribution is 7.08. The second kappa shape index (κ2) is 7.77. The van der Waals surface area contributed by atoms with Crippen molar-refractivity contribution >= 4 is 35.3 Å². The van der Waals surface area contributed by atoms with E-state index in [1.54, 1.807) is 11.3 Å². The van der Waals surface area contributed by atoms with Crippen LogP contribution in [0, 0.1) is 11.8 Å². The maximum absolute atomic E-state index is 11.8. The Hall–Kier alpha value is -0.580. The first-order chi connectivity index (χ1) is 8.25. The lowest BCUT2D eigenvalue weighted by molar-refractivity contribution is -0.117. The number of carbonyl (C=O) groups is 1. The molecule has 1 amide bonds. The molecule has 1 aliphatic heterocycles. The summed E-state index contributed by atoms with van der Waals surface area (Å²) in [5.74, 6) is 1.33. The van der Waals surface area contributed by atoms with Crippen LogP contribution < -0.4 is 10.6 Å². The Bertz CT molecular complexity index is 350. The molecular weight excluding hydrogens is 268 g/mol. The van der Waals surface area contributed by atoms with E-state index in [2.05, 4.69) is 17.6 Å². The van der Waals surface area contributed by atoms with Crippen LogP contribution in [0.3, 0.4) is 0 Å². The molecular formula is C13H21ClN2OS. The largest absolute Gasteiger partial charge is 0.325 e. The van der Waals surface area contributed by atoms with Gasteiger partial charge in [0.1, 0.15) is 0 Å². The molecule has 1 saturated heterocycles. The first-order valence-electron chi connectivity index (χ1n) is 6.28. The second-order valence-electron chi connectivity index (χ2n) is 4.83. The molecule has 1 unspecified atom stereocenters. The molecule has 1 atom stereocenters. The van der Waals surface area contributed by atoms with Gasteiger partial charge in [-0.2, -0.15) is 11.3 Å². The summed E-state index contributed by atoms with van der Waals surface area (Å²) in [7, 11) is 0. The summed E-state index contributed by atoms with van der Waals surface area (Å²) in [5, 5.41) is 10.3. The number of nitrogens with one attached hydrogen (secondary N) is 2. The van der Waals surface area contributed by atoms with Gasteiger partial charge in [0.15, 0.2) is 0 Å². The van der Waals surface area contributed by atoms with Crippen LogP contribution in [0.1, 0.15) is 26.2 Å². The molecule has 0 saturated carbocycles. The Kier molecular flexibility index (Phi) is 6.68. The van der Waals surface area contributed by atoms with Crippen molar-refractivity contribution in [1.29, 1.82) is 0 Å². The van der Waals surface area contributed by atoms with Gasteiger partial charge >= 0.3 is 0 Å². The molecule has 5 heteroatoms. The molecule has 2 N–H and O–H groups in total. The molecule has 1 aromatic rings. The fourth-order valence-electron chi connectivity index (χ4n) is 2.42. The molecule has 1 aliphatic rings. The van der Waals surface area contributed by atoms with Crippen molar-refractivity contribution in [2.75, 3.05) is 18.4 Å². The maximum atomic E-state index is 11.8. The predicted molar refractivity (Wildman–Crippen MR) is 79.6 cm³/mol. The molecule has 0 bridgehead atoms. The van der Waals surface area contributed by atoms with Crippen LogP contribution in [0.25, 0.3) is 0 Å². The summed E-state index contributed by atoms with van der Waals surface area (Å²) in [6, 6.07) is 1.94. The zero-order chi connectivity index (χ0) is 12.1. The van der Waals surface area contributed by atoms with E-state index in [-0.39, 0.29) is 18.3 Å². The van der Waals surface area contributed by atoms with Gasteiger partial charge in [-0.05, 0) is 49.2 Å². The highest BCUT2D eigenvalue weighted by Gasteiger charge is 2.21. The average molecular weight is 289 g/mol. The minimum absolute atomic E-state index is 0. The van der Waals surface area contributed by atoms with E-state index in [9.17, 15) is 4.79 Å². The summed E-state index contributed by atoms with van der Waals surface area (Å²) < 4.78 is 0. The third-order valence-corrected chi connectivity index (χ3v) is 4.18. The first-order valence-corrected chi connectivity index (χ1v) is 7.23. The second-order valence-corrected chi connectivity index (χ2v) is 5.61. The van der Waals surface area contributed by atoms with Crippen LogP contribution in [0.5, 0.6) is 0 Å². The monoisotopic (exact) mass is 288 g/mol. The molecule has 1 aromatic heterocycles. The number of piperidine rings is 1. The van der Waals surface area contributed by atoms with Gasteiger partial charge in [-0.3, -0.25) is 4.79 Å². The van der Waals surface area contributed by atoms with Crippen molar-refractivity contribution < 1.29 is 4.79 Å². The number of rotatable bonds is 4. The van der Waals surface area contributed by atoms with Gasteiger partial charge in [0.25, 0.3) is 0 Å². The molecule has 0 aromatic carbocycles. The van der Waals surface area contributed by atoms with Gasteiger partial charge in [-0.15, -0.1) is 12.4 Å². The van der Waals surface area contributed by atoms with Crippen molar-refractivity contribution in [3.05, 3.63) is 16.8 Å². The zero-order valence-electron chi connectivity index (χ0n) is 10.6. The van der Waals surface area contributed by atoms with Crippen LogP contribution in [0.15, 0.2) is 16.8 Å². The number of hydrogen-bond acceptors (Lipinski definition) is 3. The number of anilines is 1. The molecule has 2 heterocycles. The van der Waals surface area contributed by atoms with Crippen LogP contribution in [0.2, 0.25) is 0 Å². The van der Waals surface area contributed by atoms with Crippen LogP contribution in [0.4, 0.5) is 5.69 Å². The number of halogens is 1. The highest BCUT2D eigenvalue weighted by atomic mass is 35.5.